The van der Waals surface area contributed by atoms with Gasteiger partial charge in [0.2, 0.25) is 5.91 Å². The van der Waals surface area contributed by atoms with Crippen molar-refractivity contribution in [2.75, 3.05) is 13.7 Å². The van der Waals surface area contributed by atoms with Crippen LogP contribution in [-0.4, -0.2) is 19.6 Å². The normalized spacial score (nSPS) is 10.8. The maximum absolute atomic E-state index is 11.7. The zero-order valence-corrected chi connectivity index (χ0v) is 12.3. The summed E-state index contributed by atoms with van der Waals surface area (Å²) < 4.78 is 10.4. The van der Waals surface area contributed by atoms with Crippen molar-refractivity contribution >= 4 is 12.0 Å². The molecule has 0 unspecified atom stereocenters. The molecule has 0 saturated carbocycles. The van der Waals surface area contributed by atoms with E-state index in [0.29, 0.717) is 12.3 Å². The van der Waals surface area contributed by atoms with Gasteiger partial charge in [-0.2, -0.15) is 0 Å². The van der Waals surface area contributed by atoms with Gasteiger partial charge < -0.3 is 14.5 Å². The van der Waals surface area contributed by atoms with Gasteiger partial charge in [-0.25, -0.2) is 0 Å². The van der Waals surface area contributed by atoms with E-state index in [2.05, 4.69) is 11.4 Å². The van der Waals surface area contributed by atoms with Crippen LogP contribution in [0.3, 0.4) is 0 Å². The SMILES string of the molecule is COc1ccc(C)cc1CCNC(=O)/C=C/c1ccco1. The lowest BCUT2D eigenvalue weighted by Crippen LogP contribution is -2.23. The number of methoxy groups -OCH3 is 1. The number of ether oxygens (including phenoxy) is 1. The van der Waals surface area contributed by atoms with Crippen LogP contribution in [0.5, 0.6) is 5.75 Å². The van der Waals surface area contributed by atoms with E-state index in [1.165, 1.54) is 11.6 Å². The van der Waals surface area contributed by atoms with Gasteiger partial charge in [0.25, 0.3) is 0 Å². The minimum atomic E-state index is -0.141. The number of amides is 1. The molecule has 0 bridgehead atoms. The molecule has 110 valence electrons. The van der Waals surface area contributed by atoms with Crippen LogP contribution in [0, 0.1) is 6.92 Å². The Morgan fingerprint density at radius 1 is 1.38 bits per heavy atom. The third kappa shape index (κ3) is 4.53. The molecule has 1 heterocycles. The highest BCUT2D eigenvalue weighted by Gasteiger charge is 2.03. The summed E-state index contributed by atoms with van der Waals surface area (Å²) in [5.41, 5.74) is 2.27. The van der Waals surface area contributed by atoms with Gasteiger partial charge in [0, 0.05) is 12.6 Å². The molecule has 0 saturated heterocycles. The summed E-state index contributed by atoms with van der Waals surface area (Å²) >= 11 is 0. The van der Waals surface area contributed by atoms with Crippen LogP contribution in [0.2, 0.25) is 0 Å². The fourth-order valence-electron chi connectivity index (χ4n) is 2.03. The lowest BCUT2D eigenvalue weighted by atomic mass is 10.1. The summed E-state index contributed by atoms with van der Waals surface area (Å²) in [7, 11) is 1.65. The summed E-state index contributed by atoms with van der Waals surface area (Å²) in [6, 6.07) is 9.60. The number of carbonyl (C=O) groups is 1. The number of benzene rings is 1. The molecule has 0 aliphatic carbocycles. The fraction of sp³-hybridized carbons (Fsp3) is 0.235. The van der Waals surface area contributed by atoms with Gasteiger partial charge in [-0.05, 0) is 43.2 Å². The van der Waals surface area contributed by atoms with Crippen LogP contribution in [0.15, 0.2) is 47.1 Å². The van der Waals surface area contributed by atoms with E-state index in [4.69, 9.17) is 9.15 Å². The van der Waals surface area contributed by atoms with Crippen molar-refractivity contribution in [2.45, 2.75) is 13.3 Å². The van der Waals surface area contributed by atoms with E-state index >= 15 is 0 Å². The van der Waals surface area contributed by atoms with Gasteiger partial charge in [-0.1, -0.05) is 17.7 Å². The summed E-state index contributed by atoms with van der Waals surface area (Å²) in [4.78, 5) is 11.7. The molecule has 21 heavy (non-hydrogen) atoms. The first-order valence-electron chi connectivity index (χ1n) is 6.82. The van der Waals surface area contributed by atoms with E-state index in [0.717, 1.165) is 17.7 Å². The van der Waals surface area contributed by atoms with Crippen molar-refractivity contribution < 1.29 is 13.9 Å². The molecule has 1 N–H and O–H groups in total. The number of furan rings is 1. The zero-order chi connectivity index (χ0) is 15.1. The quantitative estimate of drug-likeness (QED) is 0.830. The molecule has 0 aliphatic heterocycles. The third-order valence-electron chi connectivity index (χ3n) is 3.07. The van der Waals surface area contributed by atoms with Crippen molar-refractivity contribution in [3.63, 3.8) is 0 Å². The standard InChI is InChI=1S/C17H19NO3/c1-13-5-7-16(20-2)14(12-13)9-10-18-17(19)8-6-15-4-3-11-21-15/h3-8,11-12H,9-10H2,1-2H3,(H,18,19)/b8-6+. The van der Waals surface area contributed by atoms with E-state index in [1.807, 2.05) is 19.1 Å². The molecular formula is C17H19NO3. The van der Waals surface area contributed by atoms with Gasteiger partial charge in [-0.3, -0.25) is 4.79 Å². The monoisotopic (exact) mass is 285 g/mol. The number of aryl methyl sites for hydroxylation is 1. The third-order valence-corrected chi connectivity index (χ3v) is 3.07. The summed E-state index contributed by atoms with van der Waals surface area (Å²) in [5, 5.41) is 2.84. The molecule has 4 heteroatoms. The Bertz CT molecular complexity index is 615. The summed E-state index contributed by atoms with van der Waals surface area (Å²) in [6.45, 7) is 2.59. The van der Waals surface area contributed by atoms with E-state index in [-0.39, 0.29) is 5.91 Å². The average molecular weight is 285 g/mol. The average Bonchev–Trinajstić information content (AvgIpc) is 2.99. The Morgan fingerprint density at radius 3 is 2.95 bits per heavy atom. The first-order chi connectivity index (χ1) is 10.2. The molecule has 1 amide bonds. The minimum absolute atomic E-state index is 0.141. The Balaban J connectivity index is 1.84. The Labute approximate surface area is 124 Å². The number of carbonyl (C=O) groups excluding carboxylic acids is 1. The van der Waals surface area contributed by atoms with Crippen LogP contribution in [0.4, 0.5) is 0 Å². The fourth-order valence-corrected chi connectivity index (χ4v) is 2.03. The Hall–Kier alpha value is -2.49. The Morgan fingerprint density at radius 2 is 2.24 bits per heavy atom. The van der Waals surface area contributed by atoms with Crippen LogP contribution < -0.4 is 10.1 Å². The van der Waals surface area contributed by atoms with E-state index in [9.17, 15) is 4.79 Å². The second-order valence-electron chi connectivity index (χ2n) is 4.71. The zero-order valence-electron chi connectivity index (χ0n) is 12.3. The van der Waals surface area contributed by atoms with Crippen molar-refractivity contribution in [3.05, 3.63) is 59.6 Å². The molecule has 0 aliphatic rings. The first kappa shape index (κ1) is 14.9. The van der Waals surface area contributed by atoms with Crippen molar-refractivity contribution in [1.29, 1.82) is 0 Å². The largest absolute Gasteiger partial charge is 0.496 e. The highest BCUT2D eigenvalue weighted by Crippen LogP contribution is 2.19. The van der Waals surface area contributed by atoms with E-state index < -0.39 is 0 Å². The second kappa shape index (κ2) is 7.33. The maximum atomic E-state index is 11.7. The summed E-state index contributed by atoms with van der Waals surface area (Å²) in [5.74, 6) is 1.37. The first-order valence-corrected chi connectivity index (χ1v) is 6.82. The molecule has 0 spiro atoms. The molecule has 4 nitrogen and oxygen atoms in total. The van der Waals surface area contributed by atoms with Gasteiger partial charge in [-0.15, -0.1) is 0 Å². The number of hydrogen-bond acceptors (Lipinski definition) is 3. The molecule has 2 aromatic rings. The molecule has 2 rings (SSSR count). The molecular weight excluding hydrogens is 266 g/mol. The lowest BCUT2D eigenvalue weighted by molar-refractivity contribution is -0.116. The lowest BCUT2D eigenvalue weighted by Gasteiger charge is -2.09. The highest BCUT2D eigenvalue weighted by atomic mass is 16.5. The van der Waals surface area contributed by atoms with Crippen LogP contribution >= 0.6 is 0 Å². The molecule has 1 aromatic carbocycles. The van der Waals surface area contributed by atoms with Gasteiger partial charge >= 0.3 is 0 Å². The second-order valence-corrected chi connectivity index (χ2v) is 4.71. The predicted octanol–water partition coefficient (Wildman–Crippen LogP) is 2.97. The van der Waals surface area contributed by atoms with Crippen LogP contribution in [-0.2, 0) is 11.2 Å². The van der Waals surface area contributed by atoms with Crippen LogP contribution in [0.1, 0.15) is 16.9 Å². The minimum Gasteiger partial charge on any atom is -0.496 e. The smallest absolute Gasteiger partial charge is 0.244 e. The molecule has 0 radical (unpaired) electrons. The topological polar surface area (TPSA) is 51.5 Å². The van der Waals surface area contributed by atoms with Crippen molar-refractivity contribution in [3.8, 4) is 5.75 Å². The molecule has 0 fully saturated rings. The van der Waals surface area contributed by atoms with Crippen molar-refractivity contribution in [2.24, 2.45) is 0 Å². The van der Waals surface area contributed by atoms with Crippen LogP contribution in [0.25, 0.3) is 6.08 Å². The summed E-state index contributed by atoms with van der Waals surface area (Å²) in [6.07, 6.45) is 5.40. The van der Waals surface area contributed by atoms with Gasteiger partial charge in [0.15, 0.2) is 0 Å². The number of rotatable bonds is 6. The predicted molar refractivity (Wildman–Crippen MR) is 82.2 cm³/mol. The van der Waals surface area contributed by atoms with E-state index in [1.54, 1.807) is 31.6 Å². The highest BCUT2D eigenvalue weighted by molar-refractivity contribution is 5.91. The Kier molecular flexibility index (Phi) is 5.21. The molecule has 1 aromatic heterocycles. The molecule has 0 atom stereocenters. The maximum Gasteiger partial charge on any atom is 0.244 e. The number of nitrogens with one attached hydrogen (secondary N) is 1. The van der Waals surface area contributed by atoms with Gasteiger partial charge in [0.05, 0.1) is 13.4 Å². The van der Waals surface area contributed by atoms with Crippen molar-refractivity contribution in [1.82, 2.24) is 5.32 Å². The van der Waals surface area contributed by atoms with Gasteiger partial charge in [0.1, 0.15) is 11.5 Å². The number of hydrogen-bond donors (Lipinski definition) is 1.